The molecule has 11 heavy (non-hydrogen) atoms. The molecule has 0 aromatic carbocycles. The van der Waals surface area contributed by atoms with Crippen molar-refractivity contribution in [3.63, 3.8) is 0 Å². The highest BCUT2D eigenvalue weighted by Gasteiger charge is 2.23. The van der Waals surface area contributed by atoms with Gasteiger partial charge in [-0.2, -0.15) is 0 Å². The van der Waals surface area contributed by atoms with Crippen molar-refractivity contribution in [3.05, 3.63) is 0 Å². The van der Waals surface area contributed by atoms with E-state index in [0.29, 0.717) is 5.92 Å². The Balaban J connectivity index is 2.35. The summed E-state index contributed by atoms with van der Waals surface area (Å²) >= 11 is 5.43. The highest BCUT2D eigenvalue weighted by molar-refractivity contribution is 6.27. The number of hydrogen-bond acceptors (Lipinski definition) is 1. The van der Waals surface area contributed by atoms with Gasteiger partial charge in [0.05, 0.1) is 0 Å². The van der Waals surface area contributed by atoms with Crippen LogP contribution >= 0.6 is 11.6 Å². The lowest BCUT2D eigenvalue weighted by Crippen LogP contribution is -2.29. The van der Waals surface area contributed by atoms with Gasteiger partial charge in [-0.05, 0) is 12.3 Å². The second-order valence-electron chi connectivity index (χ2n) is 3.04. The zero-order valence-corrected chi connectivity index (χ0v) is 7.60. The zero-order chi connectivity index (χ0) is 8.27. The minimum absolute atomic E-state index is 0.0858. The van der Waals surface area contributed by atoms with E-state index >= 15 is 0 Å². The molecule has 0 aromatic heterocycles. The van der Waals surface area contributed by atoms with Crippen molar-refractivity contribution in [2.75, 3.05) is 19.0 Å². The Labute approximate surface area is 72.5 Å². The molecule has 1 atom stereocenters. The van der Waals surface area contributed by atoms with Crippen molar-refractivity contribution in [2.24, 2.45) is 5.92 Å². The summed E-state index contributed by atoms with van der Waals surface area (Å²) in [6, 6.07) is 0. The quantitative estimate of drug-likeness (QED) is 0.583. The molecular formula is C8H14ClNO. The van der Waals surface area contributed by atoms with Gasteiger partial charge in [0, 0.05) is 13.1 Å². The first-order valence-corrected chi connectivity index (χ1v) is 4.65. The van der Waals surface area contributed by atoms with E-state index in [1.54, 1.807) is 0 Å². The lowest BCUT2D eigenvalue weighted by molar-refractivity contribution is -0.127. The first kappa shape index (κ1) is 8.85. The lowest BCUT2D eigenvalue weighted by Gasteiger charge is -2.13. The molecule has 0 saturated carbocycles. The Bertz CT molecular complexity index is 149. The first-order chi connectivity index (χ1) is 5.27. The third-order valence-electron chi connectivity index (χ3n) is 2.33. The summed E-state index contributed by atoms with van der Waals surface area (Å²) in [5.41, 5.74) is 0. The average Bonchev–Trinajstić information content (AvgIpc) is 2.50. The van der Waals surface area contributed by atoms with Crippen LogP contribution in [0.25, 0.3) is 0 Å². The van der Waals surface area contributed by atoms with Crippen molar-refractivity contribution < 1.29 is 4.79 Å². The van der Waals surface area contributed by atoms with Gasteiger partial charge in [-0.25, -0.2) is 0 Å². The van der Waals surface area contributed by atoms with Crippen molar-refractivity contribution in [3.8, 4) is 0 Å². The lowest BCUT2D eigenvalue weighted by atomic mass is 10.1. The molecule has 64 valence electrons. The Hall–Kier alpha value is -0.240. The van der Waals surface area contributed by atoms with Crippen molar-refractivity contribution in [1.82, 2.24) is 4.90 Å². The van der Waals surface area contributed by atoms with Crippen LogP contribution in [0.2, 0.25) is 0 Å². The highest BCUT2D eigenvalue weighted by atomic mass is 35.5. The number of carbonyl (C=O) groups is 1. The van der Waals surface area contributed by atoms with Crippen LogP contribution in [0, 0.1) is 5.92 Å². The molecule has 1 aliphatic rings. The third kappa shape index (κ3) is 2.09. The van der Waals surface area contributed by atoms with Crippen LogP contribution in [0.1, 0.15) is 19.8 Å². The number of likely N-dealkylation sites (tertiary alicyclic amines) is 1. The normalized spacial score (nSPS) is 24.2. The number of halogens is 1. The van der Waals surface area contributed by atoms with Gasteiger partial charge in [0.1, 0.15) is 5.88 Å². The van der Waals surface area contributed by atoms with Gasteiger partial charge >= 0.3 is 0 Å². The summed E-state index contributed by atoms with van der Waals surface area (Å²) in [5, 5.41) is 0. The minimum Gasteiger partial charge on any atom is -0.341 e. The predicted molar refractivity (Wildman–Crippen MR) is 45.7 cm³/mol. The molecule has 0 bridgehead atoms. The predicted octanol–water partition coefficient (Wildman–Crippen LogP) is 1.48. The maximum absolute atomic E-state index is 11.1. The van der Waals surface area contributed by atoms with E-state index in [4.69, 9.17) is 11.6 Å². The van der Waals surface area contributed by atoms with Crippen molar-refractivity contribution in [1.29, 1.82) is 0 Å². The van der Waals surface area contributed by atoms with E-state index in [2.05, 4.69) is 6.92 Å². The minimum atomic E-state index is 0.0858. The molecule has 1 amide bonds. The summed E-state index contributed by atoms with van der Waals surface area (Å²) in [6.07, 6.45) is 2.32. The Morgan fingerprint density at radius 1 is 1.73 bits per heavy atom. The molecule has 1 saturated heterocycles. The summed E-state index contributed by atoms with van der Waals surface area (Å²) in [7, 11) is 0. The molecule has 0 spiro atoms. The Morgan fingerprint density at radius 3 is 2.91 bits per heavy atom. The van der Waals surface area contributed by atoms with Crippen LogP contribution in [-0.2, 0) is 4.79 Å². The van der Waals surface area contributed by atoms with Gasteiger partial charge in [-0.1, -0.05) is 13.3 Å². The van der Waals surface area contributed by atoms with Crippen LogP contribution in [0.4, 0.5) is 0 Å². The largest absolute Gasteiger partial charge is 0.341 e. The molecule has 1 rings (SSSR count). The van der Waals surface area contributed by atoms with E-state index in [-0.39, 0.29) is 11.8 Å². The van der Waals surface area contributed by atoms with Crippen LogP contribution in [0.3, 0.4) is 0 Å². The molecule has 2 nitrogen and oxygen atoms in total. The summed E-state index contributed by atoms with van der Waals surface area (Å²) in [5.74, 6) is 0.931. The van der Waals surface area contributed by atoms with Crippen LogP contribution < -0.4 is 0 Å². The maximum Gasteiger partial charge on any atom is 0.237 e. The van der Waals surface area contributed by atoms with E-state index in [1.165, 1.54) is 6.42 Å². The fourth-order valence-electron chi connectivity index (χ4n) is 1.48. The van der Waals surface area contributed by atoms with Gasteiger partial charge in [0.15, 0.2) is 0 Å². The smallest absolute Gasteiger partial charge is 0.237 e. The van der Waals surface area contributed by atoms with Gasteiger partial charge in [-0.3, -0.25) is 4.79 Å². The second kappa shape index (κ2) is 3.96. The highest BCUT2D eigenvalue weighted by Crippen LogP contribution is 2.18. The van der Waals surface area contributed by atoms with Crippen LogP contribution in [0.5, 0.6) is 0 Å². The van der Waals surface area contributed by atoms with Gasteiger partial charge in [-0.15, -0.1) is 11.6 Å². The SMILES string of the molecule is CCC1CCN(C(=O)CCl)C1. The molecular weight excluding hydrogens is 162 g/mol. The van der Waals surface area contributed by atoms with E-state index in [0.717, 1.165) is 19.5 Å². The zero-order valence-electron chi connectivity index (χ0n) is 6.85. The number of hydrogen-bond donors (Lipinski definition) is 0. The summed E-state index contributed by atoms with van der Waals surface area (Å²) in [6.45, 7) is 3.99. The molecule has 0 radical (unpaired) electrons. The number of nitrogens with zero attached hydrogens (tertiary/aromatic N) is 1. The molecule has 3 heteroatoms. The fourth-order valence-corrected chi connectivity index (χ4v) is 1.65. The Morgan fingerprint density at radius 2 is 2.45 bits per heavy atom. The average molecular weight is 176 g/mol. The van der Waals surface area contributed by atoms with Crippen molar-refractivity contribution in [2.45, 2.75) is 19.8 Å². The van der Waals surface area contributed by atoms with E-state index < -0.39 is 0 Å². The topological polar surface area (TPSA) is 20.3 Å². The van der Waals surface area contributed by atoms with E-state index in [1.807, 2.05) is 4.90 Å². The molecule has 0 aromatic rings. The number of rotatable bonds is 2. The molecule has 1 unspecified atom stereocenters. The molecule has 0 aliphatic carbocycles. The maximum atomic E-state index is 11.1. The number of alkyl halides is 1. The molecule has 1 aliphatic heterocycles. The summed E-state index contributed by atoms with van der Waals surface area (Å²) in [4.78, 5) is 12.9. The monoisotopic (exact) mass is 175 g/mol. The van der Waals surface area contributed by atoms with Gasteiger partial charge in [0.2, 0.25) is 5.91 Å². The molecule has 0 N–H and O–H groups in total. The number of carbonyl (C=O) groups excluding carboxylic acids is 1. The standard InChI is InChI=1S/C8H14ClNO/c1-2-7-3-4-10(6-7)8(11)5-9/h7H,2-6H2,1H3. The van der Waals surface area contributed by atoms with Crippen LogP contribution in [0.15, 0.2) is 0 Å². The molecule has 1 fully saturated rings. The van der Waals surface area contributed by atoms with Crippen LogP contribution in [-0.4, -0.2) is 29.8 Å². The van der Waals surface area contributed by atoms with Gasteiger partial charge < -0.3 is 4.90 Å². The summed E-state index contributed by atoms with van der Waals surface area (Å²) < 4.78 is 0. The van der Waals surface area contributed by atoms with Crippen molar-refractivity contribution >= 4 is 17.5 Å². The van der Waals surface area contributed by atoms with Gasteiger partial charge in [0.25, 0.3) is 0 Å². The van der Waals surface area contributed by atoms with E-state index in [9.17, 15) is 4.79 Å². The first-order valence-electron chi connectivity index (χ1n) is 4.11. The Kier molecular flexibility index (Phi) is 3.18. The second-order valence-corrected chi connectivity index (χ2v) is 3.30. The molecule has 1 heterocycles. The fraction of sp³-hybridized carbons (Fsp3) is 0.875. The number of amides is 1. The third-order valence-corrected chi connectivity index (χ3v) is 2.56.